The number of anilines is 2. The normalized spacial score (nSPS) is 23.0. The number of aliphatic hydroxyl groups is 2. The number of aromatic nitrogens is 3. The van der Waals surface area contributed by atoms with E-state index in [-0.39, 0.29) is 11.6 Å². The number of nitriles is 2. The maximum absolute atomic E-state index is 11.3. The van der Waals surface area contributed by atoms with Gasteiger partial charge in [-0.3, -0.25) is 4.98 Å². The molecule has 4 aromatic rings. The zero-order valence-corrected chi connectivity index (χ0v) is 26.4. The van der Waals surface area contributed by atoms with Gasteiger partial charge in [0.05, 0.1) is 35.3 Å². The number of benzene rings is 2. The first-order valence-corrected chi connectivity index (χ1v) is 14.8. The average molecular weight is 638 g/mol. The number of hydrogen-bond acceptors (Lipinski definition) is 12. The van der Waals surface area contributed by atoms with Crippen LogP contribution in [0.5, 0.6) is 17.2 Å². The molecule has 0 saturated carbocycles. The van der Waals surface area contributed by atoms with Gasteiger partial charge in [0.2, 0.25) is 0 Å². The van der Waals surface area contributed by atoms with Crippen LogP contribution in [-0.2, 0) is 0 Å². The summed E-state index contributed by atoms with van der Waals surface area (Å²) in [6.07, 6.45) is 2.04. The molecule has 0 fully saturated rings. The highest BCUT2D eigenvalue weighted by Crippen LogP contribution is 2.48. The molecule has 0 spiro atoms. The first-order valence-electron chi connectivity index (χ1n) is 14.8. The molecule has 242 valence electrons. The van der Waals surface area contributed by atoms with Crippen LogP contribution in [0.1, 0.15) is 69.0 Å². The van der Waals surface area contributed by atoms with E-state index >= 15 is 0 Å². The molecule has 2 aliphatic rings. The van der Waals surface area contributed by atoms with Crippen LogP contribution >= 0.6 is 0 Å². The Morgan fingerprint density at radius 1 is 0.872 bits per heavy atom. The van der Waals surface area contributed by atoms with Crippen molar-refractivity contribution in [3.63, 3.8) is 0 Å². The molecular formula is C34H35N7O6. The van der Waals surface area contributed by atoms with Crippen molar-refractivity contribution in [2.24, 2.45) is 0 Å². The molecule has 2 aromatic carbocycles. The number of nitrogens with zero attached hydrogens (tertiary/aromatic N) is 4. The monoisotopic (exact) mass is 637 g/mol. The number of H-pyrrole nitrogens is 1. The van der Waals surface area contributed by atoms with Crippen LogP contribution in [0.4, 0.5) is 11.6 Å². The van der Waals surface area contributed by atoms with Gasteiger partial charge in [-0.1, -0.05) is 0 Å². The number of aliphatic hydroxyl groups excluding tert-OH is 1. The first-order chi connectivity index (χ1) is 22.2. The third-order valence-electron chi connectivity index (χ3n) is 8.52. The third kappa shape index (κ3) is 6.40. The van der Waals surface area contributed by atoms with Gasteiger partial charge < -0.3 is 35.4 Å². The highest BCUT2D eigenvalue weighted by Gasteiger charge is 2.53. The lowest BCUT2D eigenvalue weighted by molar-refractivity contribution is -0.128. The third-order valence-corrected chi connectivity index (χ3v) is 8.52. The van der Waals surface area contributed by atoms with Crippen molar-refractivity contribution in [1.29, 1.82) is 10.5 Å². The van der Waals surface area contributed by atoms with E-state index in [1.54, 1.807) is 89.3 Å². The average Bonchev–Trinajstić information content (AvgIpc) is 3.02. The zero-order valence-electron chi connectivity index (χ0n) is 26.4. The smallest absolute Gasteiger partial charge is 0.346 e. The Bertz CT molecular complexity index is 1940. The van der Waals surface area contributed by atoms with Crippen molar-refractivity contribution in [3.8, 4) is 29.4 Å². The lowest BCUT2D eigenvalue weighted by Crippen LogP contribution is -2.60. The van der Waals surface area contributed by atoms with Crippen LogP contribution < -0.4 is 25.8 Å². The molecule has 47 heavy (non-hydrogen) atoms. The largest absolute Gasteiger partial charge is 0.504 e. The lowest BCUT2D eigenvalue weighted by atomic mass is 9.75. The summed E-state index contributed by atoms with van der Waals surface area (Å²) in [7, 11) is 0. The fourth-order valence-corrected chi connectivity index (χ4v) is 5.47. The minimum atomic E-state index is -1.32. The number of hydrogen-bond donors (Lipinski definition) is 6. The number of ether oxygens (including phenoxy) is 2. The van der Waals surface area contributed by atoms with E-state index < -0.39 is 40.7 Å². The molecule has 0 bridgehead atoms. The summed E-state index contributed by atoms with van der Waals surface area (Å²) >= 11 is 0. The molecule has 0 aliphatic carbocycles. The topological polar surface area (TPSA) is 209 Å². The Morgan fingerprint density at radius 2 is 1.51 bits per heavy atom. The number of aromatic amines is 1. The molecule has 0 amide bonds. The Balaban J connectivity index is 0.000000185. The quantitative estimate of drug-likeness (QED) is 0.187. The first kappa shape index (κ1) is 32.8. The van der Waals surface area contributed by atoms with Gasteiger partial charge in [0.25, 0.3) is 0 Å². The molecule has 4 unspecified atom stereocenters. The van der Waals surface area contributed by atoms with Gasteiger partial charge in [0, 0.05) is 23.5 Å². The van der Waals surface area contributed by atoms with Crippen LogP contribution in [-0.4, -0.2) is 53.2 Å². The number of aromatic hydroxyl groups is 1. The van der Waals surface area contributed by atoms with E-state index in [2.05, 4.69) is 37.7 Å². The molecular weight excluding hydrogens is 602 g/mol. The van der Waals surface area contributed by atoms with Crippen LogP contribution in [0.15, 0.2) is 71.8 Å². The van der Waals surface area contributed by atoms with Crippen molar-refractivity contribution < 1.29 is 24.8 Å². The molecule has 4 heterocycles. The fourth-order valence-electron chi connectivity index (χ4n) is 5.47. The Labute approximate surface area is 271 Å². The van der Waals surface area contributed by atoms with Crippen molar-refractivity contribution in [2.45, 2.75) is 69.6 Å². The molecule has 13 nitrogen and oxygen atoms in total. The molecule has 13 heteroatoms. The highest BCUT2D eigenvalue weighted by atomic mass is 16.5. The maximum Gasteiger partial charge on any atom is 0.346 e. The summed E-state index contributed by atoms with van der Waals surface area (Å²) in [6, 6.07) is 17.9. The zero-order chi connectivity index (χ0) is 34.1. The Hall–Kier alpha value is -5.63. The Kier molecular flexibility index (Phi) is 8.56. The van der Waals surface area contributed by atoms with Gasteiger partial charge in [-0.2, -0.15) is 10.5 Å². The second kappa shape index (κ2) is 12.3. The van der Waals surface area contributed by atoms with Gasteiger partial charge in [-0.15, -0.1) is 0 Å². The minimum absolute atomic E-state index is 0.0180. The summed E-state index contributed by atoms with van der Waals surface area (Å²) in [4.78, 5) is 21.6. The molecule has 0 saturated heterocycles. The minimum Gasteiger partial charge on any atom is -0.504 e. The standard InChI is InChI=1S/C18H19N3O3.C16H16N4O3/c1-17(2)18(3,23)15(21-16-13(22)5-4-8-20-16)12-9-11(10-19)6-7-14(12)24-17;1-16(2)14(21)13(19-12-5-6-18-15(22)20-12)10-7-9(8-17)3-4-11(10)23-16/h4-9,15,22-23H,1-3H3,(H,20,21);3-7,13-14,21H,1-2H3,(H2,18,19,20,22). The summed E-state index contributed by atoms with van der Waals surface area (Å²) in [5.41, 5.74) is -1.29. The van der Waals surface area contributed by atoms with Crippen LogP contribution in [0.25, 0.3) is 0 Å². The van der Waals surface area contributed by atoms with Gasteiger partial charge in [-0.25, -0.2) is 14.8 Å². The van der Waals surface area contributed by atoms with Gasteiger partial charge in [-0.05, 0) is 89.2 Å². The Morgan fingerprint density at radius 3 is 2.13 bits per heavy atom. The number of fused-ring (bicyclic) bond motifs is 2. The molecule has 6 N–H and O–H groups in total. The predicted octanol–water partition coefficient (Wildman–Crippen LogP) is 4.06. The van der Waals surface area contributed by atoms with E-state index in [1.807, 2.05) is 0 Å². The van der Waals surface area contributed by atoms with Crippen molar-refractivity contribution >= 4 is 11.6 Å². The number of rotatable bonds is 4. The second-order valence-electron chi connectivity index (χ2n) is 12.5. The van der Waals surface area contributed by atoms with Crippen LogP contribution in [0.2, 0.25) is 0 Å². The van der Waals surface area contributed by atoms with E-state index in [9.17, 15) is 20.1 Å². The van der Waals surface area contributed by atoms with Gasteiger partial charge in [0.1, 0.15) is 40.2 Å². The number of nitrogens with one attached hydrogen (secondary N) is 3. The fraction of sp³-hybridized carbons (Fsp3) is 0.324. The lowest BCUT2D eigenvalue weighted by Gasteiger charge is -2.49. The molecule has 4 atom stereocenters. The summed E-state index contributed by atoms with van der Waals surface area (Å²) in [5.74, 6) is 1.84. The van der Waals surface area contributed by atoms with Gasteiger partial charge >= 0.3 is 5.69 Å². The summed E-state index contributed by atoms with van der Waals surface area (Å²) < 4.78 is 11.8. The van der Waals surface area contributed by atoms with Crippen LogP contribution in [0.3, 0.4) is 0 Å². The molecule has 2 aromatic heterocycles. The molecule has 2 aliphatic heterocycles. The molecule has 0 radical (unpaired) electrons. The van der Waals surface area contributed by atoms with Crippen molar-refractivity contribution in [2.75, 3.05) is 10.6 Å². The highest BCUT2D eigenvalue weighted by molar-refractivity contribution is 5.55. The van der Waals surface area contributed by atoms with E-state index in [0.29, 0.717) is 39.6 Å². The van der Waals surface area contributed by atoms with E-state index in [4.69, 9.17) is 20.0 Å². The second-order valence-corrected chi connectivity index (χ2v) is 12.5. The van der Waals surface area contributed by atoms with Crippen molar-refractivity contribution in [3.05, 3.63) is 99.7 Å². The summed E-state index contributed by atoms with van der Waals surface area (Å²) in [5, 5.41) is 56.3. The van der Waals surface area contributed by atoms with E-state index in [1.165, 1.54) is 12.3 Å². The van der Waals surface area contributed by atoms with Crippen LogP contribution in [0, 0.1) is 22.7 Å². The molecule has 6 rings (SSSR count). The predicted molar refractivity (Wildman–Crippen MR) is 172 cm³/mol. The van der Waals surface area contributed by atoms with E-state index in [0.717, 1.165) is 0 Å². The number of pyridine rings is 1. The summed E-state index contributed by atoms with van der Waals surface area (Å²) in [6.45, 7) is 8.81. The maximum atomic E-state index is 11.3. The van der Waals surface area contributed by atoms with Gasteiger partial charge in [0.15, 0.2) is 11.6 Å². The van der Waals surface area contributed by atoms with Crippen molar-refractivity contribution in [1.82, 2.24) is 15.0 Å². The SMILES string of the molecule is CC1(C)Oc2ccc(C#N)cc2C(Nc2ccnc(=O)[nH]2)C1O.CC1(C)Oc2ccc(C#N)cc2C(Nc2ncccc2O)C1(C)O.